The largest absolute Gasteiger partial charge is 0.466 e. The lowest BCUT2D eigenvalue weighted by Gasteiger charge is -2.20. The van der Waals surface area contributed by atoms with E-state index in [1.807, 2.05) is 6.08 Å². The highest BCUT2D eigenvalue weighted by Gasteiger charge is 2.18. The van der Waals surface area contributed by atoms with Gasteiger partial charge < -0.3 is 20.3 Å². The summed E-state index contributed by atoms with van der Waals surface area (Å²) in [4.78, 5) is 24.5. The Hall–Kier alpha value is -1.66. The molecule has 6 nitrogen and oxygen atoms in total. The Balaban J connectivity index is 3.53. The number of nitrogens with one attached hydrogen (secondary N) is 1. The first-order valence-corrected chi connectivity index (χ1v) is 26.1. The van der Waals surface area contributed by atoms with Crippen LogP contribution in [0.1, 0.15) is 277 Å². The topological polar surface area (TPSA) is 95.9 Å². The Kier molecular flexibility index (Phi) is 47.6. The molecular formula is C53H101NO5. The van der Waals surface area contributed by atoms with Gasteiger partial charge in [0.15, 0.2) is 0 Å². The molecule has 59 heavy (non-hydrogen) atoms. The summed E-state index contributed by atoms with van der Waals surface area (Å²) in [5.41, 5.74) is 0. The summed E-state index contributed by atoms with van der Waals surface area (Å²) in [5, 5.41) is 23.0. The number of amides is 1. The number of rotatable bonds is 48. The molecule has 0 aliphatic rings. The number of carbonyl (C=O) groups excluding carboxylic acids is 2. The van der Waals surface area contributed by atoms with Crippen molar-refractivity contribution in [1.29, 1.82) is 0 Å². The third-order valence-electron chi connectivity index (χ3n) is 12.0. The highest BCUT2D eigenvalue weighted by Crippen LogP contribution is 2.16. The van der Waals surface area contributed by atoms with Crippen molar-refractivity contribution in [2.45, 2.75) is 289 Å². The molecule has 0 aromatic heterocycles. The van der Waals surface area contributed by atoms with Gasteiger partial charge in [-0.1, -0.05) is 231 Å². The zero-order valence-corrected chi connectivity index (χ0v) is 39.5. The van der Waals surface area contributed by atoms with Crippen LogP contribution in [0, 0.1) is 0 Å². The van der Waals surface area contributed by atoms with Crippen LogP contribution in [0.5, 0.6) is 0 Å². The zero-order valence-electron chi connectivity index (χ0n) is 39.5. The van der Waals surface area contributed by atoms with Gasteiger partial charge in [0.2, 0.25) is 5.91 Å². The van der Waals surface area contributed by atoms with E-state index in [0.29, 0.717) is 19.4 Å². The maximum Gasteiger partial charge on any atom is 0.305 e. The Morgan fingerprint density at radius 2 is 0.797 bits per heavy atom. The third kappa shape index (κ3) is 45.7. The van der Waals surface area contributed by atoms with Gasteiger partial charge in [-0.2, -0.15) is 0 Å². The predicted molar refractivity (Wildman–Crippen MR) is 255 cm³/mol. The quantitative estimate of drug-likeness (QED) is 0.0322. The highest BCUT2D eigenvalue weighted by atomic mass is 16.5. The molecular weight excluding hydrogens is 731 g/mol. The van der Waals surface area contributed by atoms with Gasteiger partial charge in [0.25, 0.3) is 0 Å². The molecule has 0 aliphatic heterocycles. The number of carbonyl (C=O) groups is 2. The second-order valence-electron chi connectivity index (χ2n) is 17.9. The van der Waals surface area contributed by atoms with Gasteiger partial charge in [0.1, 0.15) is 0 Å². The van der Waals surface area contributed by atoms with E-state index in [4.69, 9.17) is 4.74 Å². The first-order chi connectivity index (χ1) is 29.0. The van der Waals surface area contributed by atoms with E-state index in [2.05, 4.69) is 31.3 Å². The first kappa shape index (κ1) is 57.3. The molecule has 0 bridgehead atoms. The summed E-state index contributed by atoms with van der Waals surface area (Å²) in [5.74, 6) is -0.126. The molecule has 0 saturated heterocycles. The number of ether oxygens (including phenoxy) is 1. The molecule has 0 saturated carbocycles. The van der Waals surface area contributed by atoms with Crippen LogP contribution in [0.2, 0.25) is 0 Å². The number of hydrogen-bond acceptors (Lipinski definition) is 5. The third-order valence-corrected chi connectivity index (χ3v) is 12.0. The standard InChI is InChI=1S/C53H101NO5/c1-3-5-7-9-11-13-15-17-19-21-23-27-31-35-39-43-47-53(58)59-48-44-40-36-32-28-24-26-30-34-38-42-46-52(57)54-50(49-55)51(56)45-41-37-33-29-25-22-20-18-16-14-12-10-8-6-4-2/h28,32,41,45,50-51,55-56H,3-27,29-31,33-40,42-44,46-49H2,1-2H3,(H,54,57)/b32-28-,45-41+. The summed E-state index contributed by atoms with van der Waals surface area (Å²) in [6, 6.07) is -0.648. The predicted octanol–water partition coefficient (Wildman–Crippen LogP) is 15.5. The van der Waals surface area contributed by atoms with Crippen LogP contribution < -0.4 is 5.32 Å². The average molecular weight is 832 g/mol. The van der Waals surface area contributed by atoms with E-state index >= 15 is 0 Å². The van der Waals surface area contributed by atoms with Gasteiger partial charge in [-0.15, -0.1) is 0 Å². The zero-order chi connectivity index (χ0) is 43.0. The minimum Gasteiger partial charge on any atom is -0.466 e. The van der Waals surface area contributed by atoms with Crippen molar-refractivity contribution in [2.24, 2.45) is 0 Å². The van der Waals surface area contributed by atoms with Crippen molar-refractivity contribution in [1.82, 2.24) is 5.32 Å². The summed E-state index contributed by atoms with van der Waals surface area (Å²) in [7, 11) is 0. The minimum atomic E-state index is -0.861. The van der Waals surface area contributed by atoms with Crippen molar-refractivity contribution >= 4 is 11.9 Å². The van der Waals surface area contributed by atoms with E-state index in [-0.39, 0.29) is 18.5 Å². The van der Waals surface area contributed by atoms with Crippen LogP contribution in [0.25, 0.3) is 0 Å². The molecule has 348 valence electrons. The summed E-state index contributed by atoms with van der Waals surface area (Å²) >= 11 is 0. The molecule has 0 aromatic rings. The minimum absolute atomic E-state index is 0.0298. The molecule has 2 atom stereocenters. The van der Waals surface area contributed by atoms with Crippen LogP contribution in [0.3, 0.4) is 0 Å². The number of aliphatic hydroxyl groups is 2. The number of unbranched alkanes of at least 4 members (excludes halogenated alkanes) is 35. The van der Waals surface area contributed by atoms with Crippen molar-refractivity contribution in [2.75, 3.05) is 13.2 Å². The summed E-state index contributed by atoms with van der Waals surface area (Å²) in [6.07, 6.45) is 57.5. The van der Waals surface area contributed by atoms with Crippen molar-refractivity contribution in [3.05, 3.63) is 24.3 Å². The van der Waals surface area contributed by atoms with Crippen LogP contribution >= 0.6 is 0 Å². The number of esters is 1. The van der Waals surface area contributed by atoms with Crippen molar-refractivity contribution < 1.29 is 24.5 Å². The normalized spacial score (nSPS) is 12.8. The van der Waals surface area contributed by atoms with E-state index in [1.165, 1.54) is 167 Å². The first-order valence-electron chi connectivity index (χ1n) is 26.1. The Bertz CT molecular complexity index is 920. The highest BCUT2D eigenvalue weighted by molar-refractivity contribution is 5.76. The fourth-order valence-corrected chi connectivity index (χ4v) is 7.92. The van der Waals surface area contributed by atoms with Crippen molar-refractivity contribution in [3.63, 3.8) is 0 Å². The second kappa shape index (κ2) is 49.0. The maximum atomic E-state index is 12.4. The molecule has 1 amide bonds. The fraction of sp³-hybridized carbons (Fsp3) is 0.887. The molecule has 0 spiro atoms. The Morgan fingerprint density at radius 3 is 1.20 bits per heavy atom. The van der Waals surface area contributed by atoms with Gasteiger partial charge in [-0.05, 0) is 57.8 Å². The van der Waals surface area contributed by atoms with E-state index in [1.54, 1.807) is 6.08 Å². The van der Waals surface area contributed by atoms with E-state index in [0.717, 1.165) is 83.5 Å². The van der Waals surface area contributed by atoms with Crippen LogP contribution in [-0.2, 0) is 14.3 Å². The fourth-order valence-electron chi connectivity index (χ4n) is 7.92. The van der Waals surface area contributed by atoms with Crippen molar-refractivity contribution in [3.8, 4) is 0 Å². The SMILES string of the molecule is CCCCCCCCCCCCCCC/C=C/C(O)C(CO)NC(=O)CCCCCCC/C=C\CCCCOC(=O)CCCCCCCCCCCCCCCCCC. The number of hydrogen-bond donors (Lipinski definition) is 3. The number of aliphatic hydroxyl groups excluding tert-OH is 2. The molecule has 3 N–H and O–H groups in total. The molecule has 0 heterocycles. The Morgan fingerprint density at radius 1 is 0.458 bits per heavy atom. The molecule has 0 fully saturated rings. The van der Waals surface area contributed by atoms with E-state index in [9.17, 15) is 19.8 Å². The lowest BCUT2D eigenvalue weighted by molar-refractivity contribution is -0.143. The molecule has 0 aliphatic carbocycles. The van der Waals surface area contributed by atoms with Crippen LogP contribution in [-0.4, -0.2) is 47.4 Å². The smallest absolute Gasteiger partial charge is 0.305 e. The molecule has 0 rings (SSSR count). The maximum absolute atomic E-state index is 12.4. The molecule has 0 aromatic carbocycles. The summed E-state index contributed by atoms with van der Waals surface area (Å²) < 4.78 is 5.44. The van der Waals surface area contributed by atoms with E-state index < -0.39 is 12.1 Å². The van der Waals surface area contributed by atoms with Gasteiger partial charge >= 0.3 is 5.97 Å². The molecule has 6 heteroatoms. The van der Waals surface area contributed by atoms with Crippen LogP contribution in [0.15, 0.2) is 24.3 Å². The van der Waals surface area contributed by atoms with Gasteiger partial charge in [0, 0.05) is 12.8 Å². The lowest BCUT2D eigenvalue weighted by Crippen LogP contribution is -2.45. The molecule has 0 radical (unpaired) electrons. The molecule has 2 unspecified atom stereocenters. The van der Waals surface area contributed by atoms with Gasteiger partial charge in [-0.3, -0.25) is 9.59 Å². The van der Waals surface area contributed by atoms with Gasteiger partial charge in [-0.25, -0.2) is 0 Å². The second-order valence-corrected chi connectivity index (χ2v) is 17.9. The lowest BCUT2D eigenvalue weighted by atomic mass is 10.0. The number of allylic oxidation sites excluding steroid dienone is 3. The monoisotopic (exact) mass is 832 g/mol. The summed E-state index contributed by atoms with van der Waals surface area (Å²) in [6.45, 7) is 4.83. The van der Waals surface area contributed by atoms with Gasteiger partial charge in [0.05, 0.1) is 25.4 Å². The van der Waals surface area contributed by atoms with Crippen LogP contribution in [0.4, 0.5) is 0 Å². The Labute approximate surface area is 367 Å². The average Bonchev–Trinajstić information content (AvgIpc) is 3.24.